The molecule has 0 aliphatic carbocycles. The number of benzene rings is 2. The number of hydrogen-bond acceptors (Lipinski definition) is 1. The van der Waals surface area contributed by atoms with E-state index in [0.29, 0.717) is 20.1 Å². The van der Waals surface area contributed by atoms with Crippen molar-refractivity contribution >= 4 is 46.4 Å². The van der Waals surface area contributed by atoms with Gasteiger partial charge in [-0.2, -0.15) is 0 Å². The number of likely N-dealkylation sites (N-methyl/N-ethyl adjacent to an activating group) is 1. The molecule has 1 atom stereocenters. The maximum absolute atomic E-state index is 6.25. The zero-order valence-corrected chi connectivity index (χ0v) is 13.8. The van der Waals surface area contributed by atoms with E-state index < -0.39 is 0 Å². The van der Waals surface area contributed by atoms with Gasteiger partial charge >= 0.3 is 0 Å². The molecule has 2 aromatic carbocycles. The molecule has 1 N–H and O–H groups in total. The molecule has 2 aromatic rings. The Hall–Kier alpha value is -0.440. The Morgan fingerprint density at radius 2 is 1.65 bits per heavy atom. The molecule has 0 bridgehead atoms. The molecular formula is C15H13Cl4N. The van der Waals surface area contributed by atoms with E-state index in [2.05, 4.69) is 5.32 Å². The lowest BCUT2D eigenvalue weighted by Crippen LogP contribution is -2.19. The monoisotopic (exact) mass is 347 g/mol. The maximum atomic E-state index is 6.25. The third-order valence-corrected chi connectivity index (χ3v) is 4.41. The van der Waals surface area contributed by atoms with Crippen molar-refractivity contribution in [1.82, 2.24) is 5.32 Å². The zero-order valence-electron chi connectivity index (χ0n) is 10.8. The summed E-state index contributed by atoms with van der Waals surface area (Å²) < 4.78 is 0. The second-order valence-electron chi connectivity index (χ2n) is 4.46. The fourth-order valence-corrected chi connectivity index (χ4v) is 2.91. The second kappa shape index (κ2) is 7.02. The minimum atomic E-state index is 0.0806. The molecule has 0 aromatic heterocycles. The van der Waals surface area contributed by atoms with Crippen molar-refractivity contribution in [3.05, 3.63) is 67.6 Å². The second-order valence-corrected chi connectivity index (χ2v) is 6.12. The summed E-state index contributed by atoms with van der Waals surface area (Å²) in [6.45, 7) is 0. The Kier molecular flexibility index (Phi) is 5.59. The molecule has 0 spiro atoms. The Morgan fingerprint density at radius 1 is 0.900 bits per heavy atom. The molecule has 5 heteroatoms. The lowest BCUT2D eigenvalue weighted by atomic mass is 9.99. The van der Waals surface area contributed by atoms with Gasteiger partial charge in [0.25, 0.3) is 0 Å². The van der Waals surface area contributed by atoms with E-state index in [-0.39, 0.29) is 6.04 Å². The van der Waals surface area contributed by atoms with E-state index in [4.69, 9.17) is 46.4 Å². The summed E-state index contributed by atoms with van der Waals surface area (Å²) in [6.07, 6.45) is 0.759. The fourth-order valence-electron chi connectivity index (χ4n) is 2.05. The molecule has 0 saturated carbocycles. The van der Waals surface area contributed by atoms with Gasteiger partial charge in [0.1, 0.15) is 0 Å². The zero-order chi connectivity index (χ0) is 14.7. The van der Waals surface area contributed by atoms with Gasteiger partial charge in [0.05, 0.1) is 10.0 Å². The maximum Gasteiger partial charge on any atom is 0.0595 e. The number of nitrogens with one attached hydrogen (secondary N) is 1. The van der Waals surface area contributed by atoms with Crippen LogP contribution in [0.3, 0.4) is 0 Å². The van der Waals surface area contributed by atoms with Gasteiger partial charge in [-0.3, -0.25) is 0 Å². The smallest absolute Gasteiger partial charge is 0.0595 e. The molecule has 2 rings (SSSR count). The van der Waals surface area contributed by atoms with Crippen LogP contribution in [0.2, 0.25) is 20.1 Å². The van der Waals surface area contributed by atoms with Gasteiger partial charge in [-0.15, -0.1) is 0 Å². The molecule has 0 amide bonds. The first-order valence-electron chi connectivity index (χ1n) is 6.07. The van der Waals surface area contributed by atoms with Gasteiger partial charge in [-0.25, -0.2) is 0 Å². The predicted molar refractivity (Wildman–Crippen MR) is 88.4 cm³/mol. The Labute approximate surface area is 138 Å². The van der Waals surface area contributed by atoms with Crippen molar-refractivity contribution in [3.63, 3.8) is 0 Å². The highest BCUT2D eigenvalue weighted by Gasteiger charge is 2.14. The lowest BCUT2D eigenvalue weighted by molar-refractivity contribution is 0.592. The van der Waals surface area contributed by atoms with Crippen LogP contribution in [-0.2, 0) is 6.42 Å². The molecule has 0 fully saturated rings. The van der Waals surface area contributed by atoms with Gasteiger partial charge in [-0.05, 0) is 48.9 Å². The number of halogens is 4. The summed E-state index contributed by atoms with van der Waals surface area (Å²) in [7, 11) is 1.90. The van der Waals surface area contributed by atoms with Gasteiger partial charge in [0.15, 0.2) is 0 Å². The van der Waals surface area contributed by atoms with Crippen molar-refractivity contribution in [3.8, 4) is 0 Å². The highest BCUT2D eigenvalue weighted by molar-refractivity contribution is 6.42. The van der Waals surface area contributed by atoms with Crippen LogP contribution >= 0.6 is 46.4 Å². The summed E-state index contributed by atoms with van der Waals surface area (Å²) in [5.74, 6) is 0. The van der Waals surface area contributed by atoms with Gasteiger partial charge in [0, 0.05) is 16.1 Å². The van der Waals surface area contributed by atoms with E-state index in [9.17, 15) is 0 Å². The summed E-state index contributed by atoms with van der Waals surface area (Å²) in [5, 5.41) is 5.65. The van der Waals surface area contributed by atoms with E-state index in [1.54, 1.807) is 12.1 Å². The molecule has 0 radical (unpaired) electrons. The Balaban J connectivity index is 2.26. The molecule has 1 unspecified atom stereocenters. The standard InChI is InChI=1S/C15H13Cl4N/c1-20-15(11-4-3-10(16)8-13(11)18)7-9-2-5-12(17)14(19)6-9/h2-6,8,15,20H,7H2,1H3. The summed E-state index contributed by atoms with van der Waals surface area (Å²) in [4.78, 5) is 0. The van der Waals surface area contributed by atoms with Gasteiger partial charge in [0.2, 0.25) is 0 Å². The highest BCUT2D eigenvalue weighted by atomic mass is 35.5. The molecular weight excluding hydrogens is 336 g/mol. The van der Waals surface area contributed by atoms with Crippen LogP contribution in [0, 0.1) is 0 Å². The summed E-state index contributed by atoms with van der Waals surface area (Å²) >= 11 is 24.2. The van der Waals surface area contributed by atoms with Crippen molar-refractivity contribution in [2.75, 3.05) is 7.05 Å². The van der Waals surface area contributed by atoms with E-state index in [1.165, 1.54) is 0 Å². The fraction of sp³-hybridized carbons (Fsp3) is 0.200. The average Bonchev–Trinajstić information content (AvgIpc) is 2.41. The van der Waals surface area contributed by atoms with Crippen LogP contribution in [0.15, 0.2) is 36.4 Å². The van der Waals surface area contributed by atoms with E-state index >= 15 is 0 Å². The summed E-state index contributed by atoms with van der Waals surface area (Å²) in [6, 6.07) is 11.2. The van der Waals surface area contributed by atoms with Gasteiger partial charge in [-0.1, -0.05) is 58.5 Å². The molecule has 1 nitrogen and oxygen atoms in total. The average molecular weight is 349 g/mol. The first-order chi connectivity index (χ1) is 9.51. The SMILES string of the molecule is CNC(Cc1ccc(Cl)c(Cl)c1)c1ccc(Cl)cc1Cl. The summed E-state index contributed by atoms with van der Waals surface area (Å²) in [5.41, 5.74) is 2.09. The Morgan fingerprint density at radius 3 is 2.25 bits per heavy atom. The van der Waals surface area contributed by atoms with Crippen LogP contribution < -0.4 is 5.32 Å². The number of rotatable bonds is 4. The topological polar surface area (TPSA) is 12.0 Å². The van der Waals surface area contributed by atoms with Crippen LogP contribution in [0.4, 0.5) is 0 Å². The quantitative estimate of drug-likeness (QED) is 0.735. The van der Waals surface area contributed by atoms with Crippen LogP contribution in [0.25, 0.3) is 0 Å². The van der Waals surface area contributed by atoms with Crippen LogP contribution in [0.1, 0.15) is 17.2 Å². The Bertz CT molecular complexity index is 613. The van der Waals surface area contributed by atoms with E-state index in [0.717, 1.165) is 17.5 Å². The predicted octanol–water partition coefficient (Wildman–Crippen LogP) is 5.80. The van der Waals surface area contributed by atoms with Crippen LogP contribution in [0.5, 0.6) is 0 Å². The van der Waals surface area contributed by atoms with Gasteiger partial charge < -0.3 is 5.32 Å². The lowest BCUT2D eigenvalue weighted by Gasteiger charge is -2.18. The van der Waals surface area contributed by atoms with Crippen molar-refractivity contribution in [2.24, 2.45) is 0 Å². The molecule has 20 heavy (non-hydrogen) atoms. The third kappa shape index (κ3) is 3.81. The van der Waals surface area contributed by atoms with E-state index in [1.807, 2.05) is 31.3 Å². The molecule has 0 heterocycles. The molecule has 0 aliphatic heterocycles. The first kappa shape index (κ1) is 15.9. The third-order valence-electron chi connectivity index (χ3n) is 3.11. The van der Waals surface area contributed by atoms with Crippen molar-refractivity contribution < 1.29 is 0 Å². The number of hydrogen-bond donors (Lipinski definition) is 1. The highest BCUT2D eigenvalue weighted by Crippen LogP contribution is 2.30. The van der Waals surface area contributed by atoms with Crippen molar-refractivity contribution in [1.29, 1.82) is 0 Å². The van der Waals surface area contributed by atoms with Crippen LogP contribution in [-0.4, -0.2) is 7.05 Å². The minimum Gasteiger partial charge on any atom is -0.313 e. The van der Waals surface area contributed by atoms with Crippen molar-refractivity contribution in [2.45, 2.75) is 12.5 Å². The molecule has 0 aliphatic rings. The molecule has 106 valence electrons. The first-order valence-corrected chi connectivity index (χ1v) is 7.58. The normalized spacial score (nSPS) is 12.4. The molecule has 0 saturated heterocycles. The minimum absolute atomic E-state index is 0.0806. The largest absolute Gasteiger partial charge is 0.313 e.